The van der Waals surface area contributed by atoms with Crippen molar-refractivity contribution in [3.8, 4) is 11.5 Å². The highest BCUT2D eigenvalue weighted by Crippen LogP contribution is 2.42. The number of carbonyl (C=O) groups excluding carboxylic acids is 1. The molecule has 0 unspecified atom stereocenters. The number of aliphatic hydroxyl groups is 1. The summed E-state index contributed by atoms with van der Waals surface area (Å²) < 4.78 is 11.0. The van der Waals surface area contributed by atoms with Crippen LogP contribution >= 0.6 is 15.9 Å². The van der Waals surface area contributed by atoms with Gasteiger partial charge in [0.1, 0.15) is 0 Å². The third-order valence-corrected chi connectivity index (χ3v) is 3.07. The van der Waals surface area contributed by atoms with Crippen LogP contribution in [0.4, 0.5) is 0 Å². The first-order valence-electron chi connectivity index (χ1n) is 4.99. The molecule has 0 radical (unpaired) electrons. The lowest BCUT2D eigenvalue weighted by Gasteiger charge is -2.23. The number of benzene rings is 1. The molecule has 0 aliphatic heterocycles. The Hall–Kier alpha value is -1.07. The lowest BCUT2D eigenvalue weighted by molar-refractivity contribution is 0.0749. The number of hydrogen-bond donors (Lipinski definition) is 1. The van der Waals surface area contributed by atoms with Gasteiger partial charge in [0.2, 0.25) is 0 Å². The van der Waals surface area contributed by atoms with Crippen LogP contribution in [-0.2, 0) is 5.60 Å². The molecular formula is C12H15BrO4. The van der Waals surface area contributed by atoms with Crippen LogP contribution < -0.4 is 9.47 Å². The van der Waals surface area contributed by atoms with Crippen LogP contribution in [0.3, 0.4) is 0 Å². The van der Waals surface area contributed by atoms with E-state index in [9.17, 15) is 9.90 Å². The summed E-state index contributed by atoms with van der Waals surface area (Å²) in [6.07, 6.45) is 0.680. The Labute approximate surface area is 109 Å². The van der Waals surface area contributed by atoms with E-state index in [0.29, 0.717) is 33.4 Å². The van der Waals surface area contributed by atoms with E-state index in [1.165, 1.54) is 14.2 Å². The van der Waals surface area contributed by atoms with Crippen LogP contribution in [0.1, 0.15) is 29.8 Å². The minimum absolute atomic E-state index is 0.314. The Bertz CT molecular complexity index is 435. The zero-order valence-corrected chi connectivity index (χ0v) is 11.8. The molecule has 0 bridgehead atoms. The number of halogens is 1. The first-order valence-corrected chi connectivity index (χ1v) is 5.78. The van der Waals surface area contributed by atoms with E-state index in [-0.39, 0.29) is 0 Å². The summed E-state index contributed by atoms with van der Waals surface area (Å²) in [5.74, 6) is 0.680. The molecular weight excluding hydrogens is 288 g/mol. The Kier molecular flexibility index (Phi) is 4.16. The molecule has 0 aromatic heterocycles. The summed E-state index contributed by atoms with van der Waals surface area (Å²) in [5, 5.41) is 10.1. The molecule has 0 heterocycles. The minimum atomic E-state index is -1.09. The van der Waals surface area contributed by atoms with Crippen molar-refractivity contribution < 1.29 is 19.4 Å². The van der Waals surface area contributed by atoms with Gasteiger partial charge in [0, 0.05) is 10.0 Å². The van der Waals surface area contributed by atoms with Crippen molar-refractivity contribution in [3.05, 3.63) is 21.7 Å². The molecule has 0 aliphatic rings. The van der Waals surface area contributed by atoms with Gasteiger partial charge in [-0.25, -0.2) is 0 Å². The second-order valence-corrected chi connectivity index (χ2v) is 4.92. The van der Waals surface area contributed by atoms with E-state index < -0.39 is 5.60 Å². The van der Waals surface area contributed by atoms with Gasteiger partial charge < -0.3 is 14.6 Å². The van der Waals surface area contributed by atoms with Crippen molar-refractivity contribution in [2.24, 2.45) is 0 Å². The van der Waals surface area contributed by atoms with Crippen molar-refractivity contribution >= 4 is 22.2 Å². The molecule has 0 fully saturated rings. The molecule has 17 heavy (non-hydrogen) atoms. The Morgan fingerprint density at radius 3 is 2.18 bits per heavy atom. The first kappa shape index (κ1) is 14.0. The highest BCUT2D eigenvalue weighted by atomic mass is 79.9. The maximum Gasteiger partial charge on any atom is 0.172 e. The van der Waals surface area contributed by atoms with Gasteiger partial charge in [-0.2, -0.15) is 0 Å². The van der Waals surface area contributed by atoms with Gasteiger partial charge in [0.25, 0.3) is 0 Å². The summed E-state index contributed by atoms with van der Waals surface area (Å²) in [6, 6.07) is 1.66. The summed E-state index contributed by atoms with van der Waals surface area (Å²) in [6.45, 7) is 3.27. The average Bonchev–Trinajstić information content (AvgIpc) is 2.26. The molecule has 0 aliphatic carbocycles. The third kappa shape index (κ3) is 2.61. The zero-order valence-electron chi connectivity index (χ0n) is 10.2. The Balaban J connectivity index is 3.65. The van der Waals surface area contributed by atoms with Crippen LogP contribution in [0.2, 0.25) is 0 Å². The van der Waals surface area contributed by atoms with E-state index in [4.69, 9.17) is 9.47 Å². The molecule has 1 aromatic rings. The molecule has 0 amide bonds. The maximum absolute atomic E-state index is 11.0. The fraction of sp³-hybridized carbons (Fsp3) is 0.417. The maximum atomic E-state index is 11.0. The highest BCUT2D eigenvalue weighted by Gasteiger charge is 2.27. The van der Waals surface area contributed by atoms with Crippen LogP contribution in [0.25, 0.3) is 0 Å². The largest absolute Gasteiger partial charge is 0.492 e. The van der Waals surface area contributed by atoms with Crippen molar-refractivity contribution in [3.63, 3.8) is 0 Å². The SMILES string of the molecule is COc1c(C(C)(C)O)cc(Br)c(C=O)c1OC. The predicted molar refractivity (Wildman–Crippen MR) is 67.9 cm³/mol. The summed E-state index contributed by atoms with van der Waals surface area (Å²) in [5.41, 5.74) is -0.186. The topological polar surface area (TPSA) is 55.8 Å². The molecule has 4 nitrogen and oxygen atoms in total. The lowest BCUT2D eigenvalue weighted by atomic mass is 9.95. The third-order valence-electron chi connectivity index (χ3n) is 2.41. The van der Waals surface area contributed by atoms with Gasteiger partial charge in [-0.05, 0) is 35.8 Å². The number of aldehydes is 1. The van der Waals surface area contributed by atoms with E-state index in [0.717, 1.165) is 0 Å². The fourth-order valence-corrected chi connectivity index (χ4v) is 2.10. The number of hydrogen-bond acceptors (Lipinski definition) is 4. The standard InChI is InChI=1S/C12H15BrO4/c1-12(2,15)8-5-9(13)7(6-14)10(16-3)11(8)17-4/h5-6,15H,1-4H3. The number of carbonyl (C=O) groups is 1. The summed E-state index contributed by atoms with van der Waals surface area (Å²) >= 11 is 3.28. The predicted octanol–water partition coefficient (Wildman–Crippen LogP) is 2.51. The van der Waals surface area contributed by atoms with Gasteiger partial charge in [0.05, 0.1) is 25.4 Å². The molecule has 1 N–H and O–H groups in total. The van der Waals surface area contributed by atoms with Crippen molar-refractivity contribution in [2.75, 3.05) is 14.2 Å². The van der Waals surface area contributed by atoms with Gasteiger partial charge >= 0.3 is 0 Å². The highest BCUT2D eigenvalue weighted by molar-refractivity contribution is 9.10. The normalized spacial score (nSPS) is 11.2. The fourth-order valence-electron chi connectivity index (χ4n) is 1.59. The molecule has 5 heteroatoms. The van der Waals surface area contributed by atoms with Crippen LogP contribution in [0.15, 0.2) is 10.5 Å². The monoisotopic (exact) mass is 302 g/mol. The summed E-state index contributed by atoms with van der Waals surface area (Å²) in [7, 11) is 2.92. The van der Waals surface area contributed by atoms with Gasteiger partial charge in [-0.3, -0.25) is 4.79 Å². The molecule has 1 rings (SSSR count). The van der Waals surface area contributed by atoms with Crippen molar-refractivity contribution in [1.29, 1.82) is 0 Å². The van der Waals surface area contributed by atoms with E-state index in [1.807, 2.05) is 0 Å². The van der Waals surface area contributed by atoms with E-state index in [2.05, 4.69) is 15.9 Å². The first-order chi connectivity index (χ1) is 7.86. The smallest absolute Gasteiger partial charge is 0.172 e. The van der Waals surface area contributed by atoms with Gasteiger partial charge in [0.15, 0.2) is 17.8 Å². The zero-order chi connectivity index (χ0) is 13.2. The van der Waals surface area contributed by atoms with Crippen molar-refractivity contribution in [2.45, 2.75) is 19.4 Å². The molecule has 0 saturated carbocycles. The second-order valence-electron chi connectivity index (χ2n) is 4.06. The Morgan fingerprint density at radius 1 is 1.29 bits per heavy atom. The molecule has 94 valence electrons. The number of ether oxygens (including phenoxy) is 2. The minimum Gasteiger partial charge on any atom is -0.492 e. The van der Waals surface area contributed by atoms with Crippen LogP contribution in [0, 0.1) is 0 Å². The second kappa shape index (κ2) is 5.06. The molecule has 0 spiro atoms. The molecule has 0 atom stereocenters. The van der Waals surface area contributed by atoms with E-state index >= 15 is 0 Å². The number of rotatable bonds is 4. The Morgan fingerprint density at radius 2 is 1.82 bits per heavy atom. The van der Waals surface area contributed by atoms with Crippen LogP contribution in [-0.4, -0.2) is 25.6 Å². The van der Waals surface area contributed by atoms with Crippen LogP contribution in [0.5, 0.6) is 11.5 Å². The van der Waals surface area contributed by atoms with Gasteiger partial charge in [-0.15, -0.1) is 0 Å². The molecule has 1 aromatic carbocycles. The average molecular weight is 303 g/mol. The number of methoxy groups -OCH3 is 2. The van der Waals surface area contributed by atoms with Gasteiger partial charge in [-0.1, -0.05) is 0 Å². The quantitative estimate of drug-likeness (QED) is 0.868. The molecule has 0 saturated heterocycles. The van der Waals surface area contributed by atoms with Crippen molar-refractivity contribution in [1.82, 2.24) is 0 Å². The lowest BCUT2D eigenvalue weighted by Crippen LogP contribution is -2.18. The van der Waals surface area contributed by atoms with E-state index in [1.54, 1.807) is 19.9 Å². The summed E-state index contributed by atoms with van der Waals surface area (Å²) in [4.78, 5) is 11.0.